The number of thiazole rings is 1. The number of likely N-dealkylation sites (tertiary alicyclic amines) is 1. The van der Waals surface area contributed by atoms with E-state index in [1.165, 1.54) is 16.0 Å². The zero-order valence-electron chi connectivity index (χ0n) is 24.3. The smallest absolute Gasteiger partial charge is 0.242 e. The normalized spacial score (nSPS) is 19.7. The Bertz CT molecular complexity index is 1220. The molecule has 208 valence electrons. The summed E-state index contributed by atoms with van der Waals surface area (Å²) in [7, 11) is 1.80. The molecule has 1 saturated heterocycles. The molecule has 4 rings (SSSR count). The first-order valence-corrected chi connectivity index (χ1v) is 14.5. The molecular weight excluding hydrogens is 496 g/mol. The Hall–Kier alpha value is -2.45. The number of hydrogen-bond acceptors (Lipinski definition) is 6. The van der Waals surface area contributed by atoms with Crippen molar-refractivity contribution in [2.24, 2.45) is 16.7 Å². The van der Waals surface area contributed by atoms with Crippen LogP contribution in [-0.2, 0) is 22.7 Å². The Morgan fingerprint density at radius 1 is 1.13 bits per heavy atom. The van der Waals surface area contributed by atoms with Gasteiger partial charge in [-0.2, -0.15) is 0 Å². The molecule has 1 unspecified atom stereocenters. The molecule has 2 aliphatic rings. The second-order valence-corrected chi connectivity index (χ2v) is 13.9. The maximum atomic E-state index is 13.0. The van der Waals surface area contributed by atoms with E-state index >= 15 is 0 Å². The van der Waals surface area contributed by atoms with Crippen LogP contribution in [0.15, 0.2) is 29.8 Å². The van der Waals surface area contributed by atoms with Crippen molar-refractivity contribution in [3.8, 4) is 0 Å². The highest BCUT2D eigenvalue weighted by atomic mass is 32.1. The number of amides is 1. The van der Waals surface area contributed by atoms with Gasteiger partial charge < -0.3 is 19.3 Å². The van der Waals surface area contributed by atoms with Crippen LogP contribution >= 0.6 is 11.3 Å². The minimum absolute atomic E-state index is 0.0207. The maximum absolute atomic E-state index is 13.0. The Morgan fingerprint density at radius 2 is 1.82 bits per heavy atom. The lowest BCUT2D eigenvalue weighted by Gasteiger charge is -2.39. The minimum atomic E-state index is -0.114. The summed E-state index contributed by atoms with van der Waals surface area (Å²) in [6, 6.07) is 0. The highest BCUT2D eigenvalue weighted by Crippen LogP contribution is 2.48. The largest absolute Gasteiger partial charge is 0.500 e. The van der Waals surface area contributed by atoms with Crippen molar-refractivity contribution >= 4 is 22.8 Å². The number of imidazole rings is 1. The molecule has 1 atom stereocenters. The molecule has 2 aromatic rings. The molecule has 0 saturated carbocycles. The van der Waals surface area contributed by atoms with E-state index in [1.54, 1.807) is 13.3 Å². The first kappa shape index (κ1) is 28.6. The molecule has 1 N–H and O–H groups in total. The van der Waals surface area contributed by atoms with Crippen molar-refractivity contribution in [2.45, 2.75) is 86.8 Å². The highest BCUT2D eigenvalue weighted by molar-refractivity contribution is 7.12. The van der Waals surface area contributed by atoms with Crippen molar-refractivity contribution in [3.05, 3.63) is 51.2 Å². The molecule has 0 radical (unpaired) electrons. The van der Waals surface area contributed by atoms with Gasteiger partial charge in [-0.3, -0.25) is 4.79 Å². The van der Waals surface area contributed by atoms with Crippen molar-refractivity contribution < 1.29 is 14.6 Å². The van der Waals surface area contributed by atoms with Gasteiger partial charge in [-0.1, -0.05) is 41.5 Å². The van der Waals surface area contributed by atoms with Crippen LogP contribution in [0.5, 0.6) is 0 Å². The zero-order chi connectivity index (χ0) is 27.8. The lowest BCUT2D eigenvalue weighted by Crippen LogP contribution is -2.40. The topological polar surface area (TPSA) is 80.5 Å². The molecule has 1 amide bonds. The molecule has 2 aromatic heterocycles. The van der Waals surface area contributed by atoms with Gasteiger partial charge >= 0.3 is 0 Å². The van der Waals surface area contributed by atoms with E-state index in [2.05, 4.69) is 58.8 Å². The van der Waals surface area contributed by atoms with E-state index in [4.69, 9.17) is 9.72 Å². The molecule has 0 bridgehead atoms. The maximum Gasteiger partial charge on any atom is 0.242 e. The lowest BCUT2D eigenvalue weighted by atomic mass is 9.69. The van der Waals surface area contributed by atoms with Crippen molar-refractivity contribution in [1.82, 2.24) is 19.4 Å². The number of rotatable bonds is 6. The molecule has 7 nitrogen and oxygen atoms in total. The molecule has 0 spiro atoms. The number of hydrogen-bond donors (Lipinski definition) is 1. The summed E-state index contributed by atoms with van der Waals surface area (Å²) in [5.74, 6) is 2.67. The molecule has 0 aromatic carbocycles. The summed E-state index contributed by atoms with van der Waals surface area (Å²) in [5.41, 5.74) is 3.30. The van der Waals surface area contributed by atoms with Crippen molar-refractivity contribution in [2.75, 3.05) is 20.2 Å². The molecule has 3 heterocycles. The SMILES string of the molecule is COC1=C(C(C)(C)C)C=C(c2ncc(C3CCN(C(=O)Cn4c(CO)cnc4C)CC3)s2)CC1C(C)(C)C. The Labute approximate surface area is 231 Å². The number of methoxy groups -OCH3 is 1. The van der Waals surface area contributed by atoms with Crippen LogP contribution in [-0.4, -0.2) is 50.6 Å². The zero-order valence-corrected chi connectivity index (χ0v) is 25.1. The van der Waals surface area contributed by atoms with Crippen molar-refractivity contribution in [1.29, 1.82) is 0 Å². The number of piperidine rings is 1. The number of allylic oxidation sites excluding steroid dienone is 4. The second-order valence-electron chi connectivity index (χ2n) is 12.8. The van der Waals surface area contributed by atoms with E-state index in [9.17, 15) is 9.90 Å². The van der Waals surface area contributed by atoms with Crippen molar-refractivity contribution in [3.63, 3.8) is 0 Å². The average molecular weight is 541 g/mol. The van der Waals surface area contributed by atoms with Gasteiger partial charge in [-0.25, -0.2) is 9.97 Å². The number of ether oxygens (including phenoxy) is 1. The number of aliphatic hydroxyl groups excluding tert-OH is 1. The summed E-state index contributed by atoms with van der Waals surface area (Å²) in [6.07, 6.45) is 8.82. The average Bonchev–Trinajstić information content (AvgIpc) is 3.49. The van der Waals surface area contributed by atoms with Crippen LogP contribution in [0.3, 0.4) is 0 Å². The number of nitrogens with zero attached hydrogens (tertiary/aromatic N) is 4. The quantitative estimate of drug-likeness (QED) is 0.490. The molecule has 1 fully saturated rings. The lowest BCUT2D eigenvalue weighted by molar-refractivity contribution is -0.133. The molecule has 38 heavy (non-hydrogen) atoms. The number of aryl methyl sites for hydroxylation is 1. The minimum Gasteiger partial charge on any atom is -0.500 e. The first-order chi connectivity index (χ1) is 17.8. The van der Waals surface area contributed by atoms with Gasteiger partial charge in [0.2, 0.25) is 5.91 Å². The molecule has 1 aliphatic heterocycles. The van der Waals surface area contributed by atoms with Crippen LogP contribution in [0.4, 0.5) is 0 Å². The van der Waals surface area contributed by atoms with Gasteiger partial charge in [0.15, 0.2) is 0 Å². The Kier molecular flexibility index (Phi) is 8.24. The monoisotopic (exact) mass is 540 g/mol. The van der Waals surface area contributed by atoms with Crippen LogP contribution in [0.1, 0.15) is 88.1 Å². The summed E-state index contributed by atoms with van der Waals surface area (Å²) >= 11 is 1.81. The van der Waals surface area contributed by atoms with Gasteiger partial charge in [0.25, 0.3) is 0 Å². The van der Waals surface area contributed by atoms with Crippen LogP contribution in [0, 0.1) is 23.7 Å². The standard InChI is InChI=1S/C30H44N4O3S/c1-19-31-15-22(18-35)34(19)17-26(36)33-11-9-20(10-12-33)25-16-32-28(38-25)21-13-23(29(2,3)4)27(37-8)24(14-21)30(5,6)7/h13,15-16,20,24,35H,9-12,14,17-18H2,1-8H3. The predicted octanol–water partition coefficient (Wildman–Crippen LogP) is 5.94. The molecule has 8 heteroatoms. The fourth-order valence-electron chi connectivity index (χ4n) is 5.62. The van der Waals surface area contributed by atoms with Gasteiger partial charge in [0.1, 0.15) is 23.1 Å². The number of aromatic nitrogens is 3. The van der Waals surface area contributed by atoms with Crippen LogP contribution in [0.25, 0.3) is 5.57 Å². The predicted molar refractivity (Wildman–Crippen MR) is 153 cm³/mol. The number of aliphatic hydroxyl groups is 1. The third-order valence-corrected chi connectivity index (χ3v) is 9.27. The summed E-state index contributed by atoms with van der Waals surface area (Å²) in [6.45, 7) is 17.1. The van der Waals surface area contributed by atoms with E-state index < -0.39 is 0 Å². The Morgan fingerprint density at radius 3 is 2.39 bits per heavy atom. The Balaban J connectivity index is 1.47. The fraction of sp³-hybridized carbons (Fsp3) is 0.633. The van der Waals surface area contributed by atoms with Gasteiger partial charge in [-0.15, -0.1) is 11.3 Å². The van der Waals surface area contributed by atoms with Crippen LogP contribution in [0.2, 0.25) is 0 Å². The molecular formula is C30H44N4O3S. The molecule has 1 aliphatic carbocycles. The van der Waals surface area contributed by atoms with Crippen LogP contribution < -0.4 is 0 Å². The van der Waals surface area contributed by atoms with E-state index in [-0.39, 0.29) is 29.9 Å². The first-order valence-electron chi connectivity index (χ1n) is 13.7. The summed E-state index contributed by atoms with van der Waals surface area (Å²) in [5, 5.41) is 10.7. The van der Waals surface area contributed by atoms with Gasteiger partial charge in [0, 0.05) is 30.1 Å². The van der Waals surface area contributed by atoms with E-state index in [1.807, 2.05) is 27.7 Å². The third-order valence-electron chi connectivity index (χ3n) is 8.04. The number of carbonyl (C=O) groups excluding carboxylic acids is 1. The number of carbonyl (C=O) groups is 1. The third kappa shape index (κ3) is 5.91. The van der Waals surface area contributed by atoms with E-state index in [0.717, 1.165) is 48.9 Å². The summed E-state index contributed by atoms with van der Waals surface area (Å²) < 4.78 is 7.81. The van der Waals surface area contributed by atoms with Gasteiger partial charge in [0.05, 0.1) is 25.6 Å². The van der Waals surface area contributed by atoms with E-state index in [0.29, 0.717) is 17.5 Å². The highest BCUT2D eigenvalue weighted by Gasteiger charge is 2.38. The van der Waals surface area contributed by atoms with Gasteiger partial charge in [-0.05, 0) is 60.2 Å². The summed E-state index contributed by atoms with van der Waals surface area (Å²) in [4.78, 5) is 25.4. The fourth-order valence-corrected chi connectivity index (χ4v) is 6.73. The second kappa shape index (κ2) is 11.0.